The van der Waals surface area contributed by atoms with Gasteiger partial charge in [-0.1, -0.05) is 53.1 Å². The fourth-order valence-electron chi connectivity index (χ4n) is 8.36. The molecule has 17 heteroatoms. The summed E-state index contributed by atoms with van der Waals surface area (Å²) in [7, 11) is 0. The number of rotatable bonds is 6. The van der Waals surface area contributed by atoms with Crippen molar-refractivity contribution in [1.82, 2.24) is 14.9 Å². The van der Waals surface area contributed by atoms with Crippen LogP contribution in [0.4, 0.5) is 23.8 Å². The van der Waals surface area contributed by atoms with E-state index in [4.69, 9.17) is 33.7 Å². The van der Waals surface area contributed by atoms with Gasteiger partial charge in [-0.15, -0.1) is 0 Å². The van der Waals surface area contributed by atoms with Crippen LogP contribution in [0, 0.1) is 23.7 Å². The smallest absolute Gasteiger partial charge is 0.417 e. The predicted molar refractivity (Wildman–Crippen MR) is 178 cm³/mol. The van der Waals surface area contributed by atoms with Crippen molar-refractivity contribution in [3.63, 3.8) is 0 Å². The summed E-state index contributed by atoms with van der Waals surface area (Å²) < 4.78 is 45.9. The molecule has 0 radical (unpaired) electrons. The fourth-order valence-corrected chi connectivity index (χ4v) is 8.69. The number of hydrogen-bond donors (Lipinski definition) is 3. The molecule has 270 valence electrons. The van der Waals surface area contributed by atoms with Crippen molar-refractivity contribution in [2.75, 3.05) is 12.0 Å². The van der Waals surface area contributed by atoms with Gasteiger partial charge in [0.1, 0.15) is 0 Å². The molecule has 4 N–H and O–H groups in total. The first-order chi connectivity index (χ1) is 24.6. The molecule has 0 unspecified atom stereocenters. The molecule has 0 spiro atoms. The molecule has 3 fully saturated rings. The third-order valence-corrected chi connectivity index (χ3v) is 10.9. The highest BCUT2D eigenvalue weighted by atomic mass is 35.5. The number of amides is 6. The Kier molecular flexibility index (Phi) is 8.49. The third-order valence-electron chi connectivity index (χ3n) is 10.4. The van der Waals surface area contributed by atoms with Crippen LogP contribution in [0.1, 0.15) is 42.4 Å². The van der Waals surface area contributed by atoms with Gasteiger partial charge in [-0.2, -0.15) is 23.1 Å². The maximum Gasteiger partial charge on any atom is 0.417 e. The normalized spacial score (nSPS) is 26.9. The zero-order valence-corrected chi connectivity index (χ0v) is 28.5. The maximum absolute atomic E-state index is 15.2. The topological polar surface area (TPSA) is 172 Å². The first kappa shape index (κ1) is 35.3. The molecule has 6 atom stereocenters. The summed E-state index contributed by atoms with van der Waals surface area (Å²) in [6.07, 6.45) is -2.69. The Morgan fingerprint density at radius 3 is 2.40 bits per heavy atom. The first-order valence-electron chi connectivity index (χ1n) is 16.1. The zero-order chi connectivity index (χ0) is 37.4. The number of nitrogens with two attached hydrogens (primary N) is 1. The van der Waals surface area contributed by atoms with Crippen molar-refractivity contribution >= 4 is 58.7 Å². The predicted octanol–water partition coefficient (Wildman–Crippen LogP) is 5.58. The number of aromatic nitrogens is 1. The summed E-state index contributed by atoms with van der Waals surface area (Å²) in [5.74, 6) is -9.07. The Bertz CT molecular complexity index is 2100. The van der Waals surface area contributed by atoms with Gasteiger partial charge in [0.25, 0.3) is 11.8 Å². The molecule has 2 aromatic carbocycles. The largest absolute Gasteiger partial charge is 0.504 e. The summed E-state index contributed by atoms with van der Waals surface area (Å²) in [5, 5.41) is 11.1. The molecule has 52 heavy (non-hydrogen) atoms. The number of nitrogens with one attached hydrogen (secondary N) is 1. The van der Waals surface area contributed by atoms with E-state index in [1.165, 1.54) is 24.3 Å². The molecule has 1 aromatic heterocycles. The number of carbonyl (C=O) groups is 5. The molecule has 7 rings (SSSR count). The molecule has 3 heterocycles. The molecule has 1 saturated carbocycles. The Balaban J connectivity index is 1.45. The second-order valence-electron chi connectivity index (χ2n) is 12.9. The lowest BCUT2D eigenvalue weighted by Gasteiger charge is -2.50. The van der Waals surface area contributed by atoms with Gasteiger partial charge in [0.05, 0.1) is 40.4 Å². The minimum atomic E-state index is -4.77. The van der Waals surface area contributed by atoms with Gasteiger partial charge in [-0.05, 0) is 67.1 Å². The lowest BCUT2D eigenvalue weighted by Crippen LogP contribution is -2.53. The van der Waals surface area contributed by atoms with Gasteiger partial charge >= 0.3 is 12.2 Å². The number of imide groups is 4. The van der Waals surface area contributed by atoms with E-state index in [0.717, 1.165) is 0 Å². The Morgan fingerprint density at radius 2 is 1.77 bits per heavy atom. The molecule has 2 aliphatic carbocycles. The minimum Gasteiger partial charge on any atom is -0.504 e. The van der Waals surface area contributed by atoms with E-state index in [2.05, 4.69) is 10.4 Å². The van der Waals surface area contributed by atoms with Crippen LogP contribution in [0.5, 0.6) is 11.5 Å². The van der Waals surface area contributed by atoms with Crippen molar-refractivity contribution in [2.24, 2.45) is 29.4 Å². The lowest BCUT2D eigenvalue weighted by molar-refractivity contribution is -0.140. The van der Waals surface area contributed by atoms with Gasteiger partial charge in [0.15, 0.2) is 17.3 Å². The molecule has 2 saturated heterocycles. The van der Waals surface area contributed by atoms with Gasteiger partial charge in [0, 0.05) is 17.1 Å². The van der Waals surface area contributed by atoms with Gasteiger partial charge < -0.3 is 15.6 Å². The second kappa shape index (κ2) is 12.5. The number of alkyl halides is 3. The molecule has 4 aliphatic rings. The highest BCUT2D eigenvalue weighted by Crippen LogP contribution is 2.64. The number of hydrazine groups is 1. The second-order valence-corrected chi connectivity index (χ2v) is 13.8. The van der Waals surface area contributed by atoms with E-state index in [-0.39, 0.29) is 30.9 Å². The van der Waals surface area contributed by atoms with E-state index >= 15 is 4.79 Å². The van der Waals surface area contributed by atoms with Crippen LogP contribution in [0.3, 0.4) is 0 Å². The first-order valence-corrected chi connectivity index (χ1v) is 16.8. The van der Waals surface area contributed by atoms with Crippen molar-refractivity contribution in [3.8, 4) is 11.5 Å². The molecular formula is C35H28Cl2F3N5O7. The summed E-state index contributed by atoms with van der Waals surface area (Å²) in [5.41, 5.74) is 6.27. The van der Waals surface area contributed by atoms with E-state index < -0.39 is 87.2 Å². The van der Waals surface area contributed by atoms with E-state index in [0.29, 0.717) is 43.9 Å². The Morgan fingerprint density at radius 1 is 1.06 bits per heavy atom. The van der Waals surface area contributed by atoms with Crippen LogP contribution >= 0.6 is 23.2 Å². The molecule has 6 amide bonds. The van der Waals surface area contributed by atoms with Gasteiger partial charge in [-0.3, -0.25) is 24.6 Å². The van der Waals surface area contributed by atoms with Gasteiger partial charge in [0.2, 0.25) is 11.8 Å². The van der Waals surface area contributed by atoms with Crippen LogP contribution in [-0.2, 0) is 30.8 Å². The SMILES string of the molecule is CCOc1cc([C@H]2C3=CC[C@@H]4C(=O)N(C(N)=O)C(=O)[C@@H]4[C@@H]3C[C@H]3C(=O)N(Nc4ncc(C(F)(F)F)cc4Cl)C(=O)[C@@]23c2ccc(Cl)cc2)ccc1O. The van der Waals surface area contributed by atoms with Crippen molar-refractivity contribution < 1.29 is 47.0 Å². The number of anilines is 1. The van der Waals surface area contributed by atoms with E-state index in [1.54, 1.807) is 31.2 Å². The number of primary amides is 1. The Labute approximate surface area is 303 Å². The molecule has 3 aromatic rings. The summed E-state index contributed by atoms with van der Waals surface area (Å²) in [6.45, 7) is 1.87. The molecule has 0 bridgehead atoms. The van der Waals surface area contributed by atoms with Crippen LogP contribution in [0.25, 0.3) is 0 Å². The number of nitrogens with zero attached hydrogens (tertiary/aromatic N) is 3. The fraction of sp³-hybridized carbons (Fsp3) is 0.314. The van der Waals surface area contributed by atoms with Crippen molar-refractivity contribution in [1.29, 1.82) is 0 Å². The number of halogens is 5. The van der Waals surface area contributed by atoms with Crippen molar-refractivity contribution in [3.05, 3.63) is 93.1 Å². The van der Waals surface area contributed by atoms with Crippen LogP contribution in [-0.4, -0.2) is 56.3 Å². The lowest BCUT2D eigenvalue weighted by atomic mass is 9.49. The summed E-state index contributed by atoms with van der Waals surface area (Å²) in [4.78, 5) is 73.3. The maximum atomic E-state index is 15.2. The van der Waals surface area contributed by atoms with E-state index in [1.807, 2.05) is 0 Å². The number of likely N-dealkylation sites (tertiary alicyclic amines) is 1. The number of phenols is 1. The number of pyridine rings is 1. The molecular weight excluding hydrogens is 730 g/mol. The molecule has 2 aliphatic heterocycles. The van der Waals surface area contributed by atoms with Crippen LogP contribution in [0.15, 0.2) is 66.4 Å². The van der Waals surface area contributed by atoms with Crippen LogP contribution < -0.4 is 15.9 Å². The number of ether oxygens (including phenoxy) is 1. The van der Waals surface area contributed by atoms with Crippen molar-refractivity contribution in [2.45, 2.75) is 37.3 Å². The highest BCUT2D eigenvalue weighted by Gasteiger charge is 2.70. The Hall–Kier alpha value is -5.15. The number of carbonyl (C=O) groups excluding carboxylic acids is 5. The quantitative estimate of drug-likeness (QED) is 0.215. The zero-order valence-electron chi connectivity index (χ0n) is 27.0. The number of fused-ring (bicyclic) bond motifs is 4. The van der Waals surface area contributed by atoms with Gasteiger partial charge in [-0.25, -0.2) is 9.78 Å². The minimum absolute atomic E-state index is 0.00824. The number of benzene rings is 2. The average molecular weight is 759 g/mol. The number of urea groups is 1. The third kappa shape index (κ3) is 5.19. The molecule has 12 nitrogen and oxygen atoms in total. The highest BCUT2D eigenvalue weighted by molar-refractivity contribution is 6.33. The van der Waals surface area contributed by atoms with E-state index in [9.17, 15) is 37.5 Å². The number of hydrogen-bond acceptors (Lipinski definition) is 9. The summed E-state index contributed by atoms with van der Waals surface area (Å²) >= 11 is 12.5. The number of allylic oxidation sites excluding steroid dienone is 2. The van der Waals surface area contributed by atoms with Crippen LogP contribution in [0.2, 0.25) is 10.0 Å². The average Bonchev–Trinajstić information content (AvgIpc) is 3.47. The number of phenolic OH excluding ortho intramolecular Hbond substituents is 1. The number of aromatic hydroxyl groups is 1. The standard InChI is InChI=1S/C35H28Cl2F3N5O7/c1-2-52-25-11-15(3-10-24(25)46)27-19-8-9-20-26(31(49)44(29(20)47)33(41)51)21(19)13-22-30(48)45(32(50)34(22,27)16-4-6-18(36)7-5-16)43-28-23(37)12-17(14-42-28)35(38,39)40/h3-8,10-12,14,20-22,26-27,46H,2,9,13H2,1H3,(H2,41,51)(H,42,43)/t20-,21+,22-,26-,27-,34+/m0/s1. The summed E-state index contributed by atoms with van der Waals surface area (Å²) in [6, 6.07) is 10.0. The monoisotopic (exact) mass is 757 g/mol.